The Bertz CT molecular complexity index is 1660. The van der Waals surface area contributed by atoms with Crippen LogP contribution in [0.3, 0.4) is 0 Å². The molecule has 0 radical (unpaired) electrons. The van der Waals surface area contributed by atoms with Crippen LogP contribution in [0.5, 0.6) is 5.75 Å². The van der Waals surface area contributed by atoms with Gasteiger partial charge in [-0.15, -0.1) is 0 Å². The first-order valence-corrected chi connectivity index (χ1v) is 13.7. The third kappa shape index (κ3) is 7.43. The van der Waals surface area contributed by atoms with Crippen molar-refractivity contribution in [1.82, 2.24) is 15.3 Å². The first kappa shape index (κ1) is 30.5. The SMILES string of the molecule is CCOC(=O)c1ccc(C=CC(=O)NCC(=O)N(C)c2ccc(Cl)c(COc3cccc4ccc(C)nc34)c2Cl)cn1. The molecular weight excluding hydrogens is 579 g/mol. The van der Waals surface area contributed by atoms with E-state index in [1.807, 2.05) is 37.3 Å². The quantitative estimate of drug-likeness (QED) is 0.179. The van der Waals surface area contributed by atoms with E-state index in [1.54, 1.807) is 32.2 Å². The van der Waals surface area contributed by atoms with Crippen LogP contribution in [0.25, 0.3) is 17.0 Å². The number of rotatable bonds is 10. The molecule has 0 bridgehead atoms. The van der Waals surface area contributed by atoms with Gasteiger partial charge < -0.3 is 19.7 Å². The zero-order valence-corrected chi connectivity index (χ0v) is 24.7. The van der Waals surface area contributed by atoms with Crippen LogP contribution in [0, 0.1) is 6.92 Å². The summed E-state index contributed by atoms with van der Waals surface area (Å²) in [4.78, 5) is 46.8. The number of amides is 2. The summed E-state index contributed by atoms with van der Waals surface area (Å²) in [6.07, 6.45) is 4.22. The third-order valence-electron chi connectivity index (χ3n) is 6.21. The summed E-state index contributed by atoms with van der Waals surface area (Å²) in [5, 5.41) is 4.13. The van der Waals surface area contributed by atoms with Crippen molar-refractivity contribution in [3.63, 3.8) is 0 Å². The van der Waals surface area contributed by atoms with Crippen molar-refractivity contribution in [2.75, 3.05) is 25.1 Å². The summed E-state index contributed by atoms with van der Waals surface area (Å²) >= 11 is 13.1. The molecule has 0 atom stereocenters. The van der Waals surface area contributed by atoms with E-state index >= 15 is 0 Å². The summed E-state index contributed by atoms with van der Waals surface area (Å²) in [7, 11) is 1.55. The molecule has 0 fully saturated rings. The van der Waals surface area contributed by atoms with Crippen molar-refractivity contribution in [1.29, 1.82) is 0 Å². The molecule has 9 nitrogen and oxygen atoms in total. The average Bonchev–Trinajstić information content (AvgIpc) is 2.99. The van der Waals surface area contributed by atoms with Crippen molar-refractivity contribution in [2.24, 2.45) is 0 Å². The van der Waals surface area contributed by atoms with E-state index in [1.165, 1.54) is 29.3 Å². The van der Waals surface area contributed by atoms with Gasteiger partial charge in [-0.3, -0.25) is 9.59 Å². The van der Waals surface area contributed by atoms with Gasteiger partial charge in [0.15, 0.2) is 0 Å². The minimum absolute atomic E-state index is 0.0550. The monoisotopic (exact) mass is 606 g/mol. The lowest BCUT2D eigenvalue weighted by Crippen LogP contribution is -2.37. The molecule has 0 aliphatic carbocycles. The number of esters is 1. The number of ether oxygens (including phenoxy) is 2. The molecule has 42 heavy (non-hydrogen) atoms. The van der Waals surface area contributed by atoms with Crippen LogP contribution in [0.2, 0.25) is 10.0 Å². The van der Waals surface area contributed by atoms with Crippen LogP contribution in [-0.2, 0) is 20.9 Å². The van der Waals surface area contributed by atoms with Crippen LogP contribution < -0.4 is 15.0 Å². The Morgan fingerprint density at radius 1 is 1.05 bits per heavy atom. The highest BCUT2D eigenvalue weighted by Crippen LogP contribution is 2.35. The topological polar surface area (TPSA) is 111 Å². The highest BCUT2D eigenvalue weighted by Gasteiger charge is 2.19. The second-order valence-corrected chi connectivity index (χ2v) is 9.91. The number of nitrogens with zero attached hydrogens (tertiary/aromatic N) is 3. The largest absolute Gasteiger partial charge is 0.487 e. The number of carbonyl (C=O) groups excluding carboxylic acids is 3. The van der Waals surface area contributed by atoms with Crippen molar-refractivity contribution < 1.29 is 23.9 Å². The van der Waals surface area contributed by atoms with Crippen LogP contribution in [0.1, 0.15) is 34.2 Å². The predicted molar refractivity (Wildman–Crippen MR) is 163 cm³/mol. The maximum absolute atomic E-state index is 12.9. The number of benzene rings is 2. The van der Waals surface area contributed by atoms with Gasteiger partial charge in [-0.25, -0.2) is 14.8 Å². The lowest BCUT2D eigenvalue weighted by atomic mass is 10.1. The molecule has 2 aromatic carbocycles. The number of halogens is 2. The number of anilines is 1. The van der Waals surface area contributed by atoms with Crippen molar-refractivity contribution in [3.05, 3.63) is 99.4 Å². The molecule has 0 unspecified atom stereocenters. The van der Waals surface area contributed by atoms with Crippen LogP contribution >= 0.6 is 23.2 Å². The number of carbonyl (C=O) groups is 3. The first-order valence-electron chi connectivity index (χ1n) is 13.0. The molecule has 4 aromatic rings. The smallest absolute Gasteiger partial charge is 0.356 e. The fourth-order valence-corrected chi connectivity index (χ4v) is 4.54. The minimum atomic E-state index is -0.522. The van der Waals surface area contributed by atoms with Gasteiger partial charge in [0.05, 0.1) is 23.9 Å². The molecular formula is C31H28Cl2N4O5. The molecule has 2 heterocycles. The Labute approximate surface area is 253 Å². The van der Waals surface area contributed by atoms with Gasteiger partial charge in [-0.2, -0.15) is 0 Å². The van der Waals surface area contributed by atoms with Crippen LogP contribution in [-0.4, -0.2) is 48.0 Å². The summed E-state index contributed by atoms with van der Waals surface area (Å²) in [5.41, 5.74) is 3.27. The third-order valence-corrected chi connectivity index (χ3v) is 6.98. The van der Waals surface area contributed by atoms with E-state index in [0.29, 0.717) is 27.6 Å². The van der Waals surface area contributed by atoms with E-state index in [-0.39, 0.29) is 30.5 Å². The molecule has 216 valence electrons. The van der Waals surface area contributed by atoms with E-state index in [0.717, 1.165) is 16.6 Å². The molecule has 2 amide bonds. The van der Waals surface area contributed by atoms with E-state index in [4.69, 9.17) is 32.7 Å². The highest BCUT2D eigenvalue weighted by atomic mass is 35.5. The number of likely N-dealkylation sites (N-methyl/N-ethyl adjacent to an activating group) is 1. The van der Waals surface area contributed by atoms with Crippen molar-refractivity contribution in [3.8, 4) is 5.75 Å². The molecule has 0 aliphatic rings. The number of hydrogen-bond acceptors (Lipinski definition) is 7. The molecule has 0 spiro atoms. The molecule has 0 aliphatic heterocycles. The Hall–Kier alpha value is -4.47. The number of para-hydroxylation sites is 1. The lowest BCUT2D eigenvalue weighted by Gasteiger charge is -2.21. The molecule has 2 aromatic heterocycles. The van der Waals surface area contributed by atoms with Gasteiger partial charge >= 0.3 is 5.97 Å². The Kier molecular flexibility index (Phi) is 10.1. The second kappa shape index (κ2) is 13.9. The maximum Gasteiger partial charge on any atom is 0.356 e. The van der Waals surface area contributed by atoms with Crippen molar-refractivity contribution in [2.45, 2.75) is 20.5 Å². The number of pyridine rings is 2. The van der Waals surface area contributed by atoms with E-state index in [2.05, 4.69) is 15.3 Å². The Morgan fingerprint density at radius 3 is 2.60 bits per heavy atom. The van der Waals surface area contributed by atoms with Gasteiger partial charge in [0.2, 0.25) is 11.8 Å². The van der Waals surface area contributed by atoms with Gasteiger partial charge in [-0.1, -0.05) is 47.5 Å². The van der Waals surface area contributed by atoms with E-state index in [9.17, 15) is 14.4 Å². The zero-order valence-electron chi connectivity index (χ0n) is 23.2. The molecule has 4 rings (SSSR count). The summed E-state index contributed by atoms with van der Waals surface area (Å²) in [5.74, 6) is -0.825. The average molecular weight is 607 g/mol. The van der Waals surface area contributed by atoms with Crippen molar-refractivity contribution >= 4 is 63.7 Å². The number of fused-ring (bicyclic) bond motifs is 1. The first-order chi connectivity index (χ1) is 20.2. The summed E-state index contributed by atoms with van der Waals surface area (Å²) in [6, 6.07) is 16.0. The Morgan fingerprint density at radius 2 is 1.86 bits per heavy atom. The molecule has 0 saturated heterocycles. The molecule has 11 heteroatoms. The van der Waals surface area contributed by atoms with Gasteiger partial charge in [0, 0.05) is 41.0 Å². The lowest BCUT2D eigenvalue weighted by molar-refractivity contribution is -0.122. The van der Waals surface area contributed by atoms with E-state index < -0.39 is 17.8 Å². The Balaban J connectivity index is 1.37. The fraction of sp³-hybridized carbons (Fsp3) is 0.194. The maximum atomic E-state index is 12.9. The number of nitrogens with one attached hydrogen (secondary N) is 1. The number of aryl methyl sites for hydroxylation is 1. The zero-order chi connectivity index (χ0) is 30.2. The number of aromatic nitrogens is 2. The predicted octanol–water partition coefficient (Wildman–Crippen LogP) is 5.79. The van der Waals surface area contributed by atoms with Gasteiger partial charge in [0.1, 0.15) is 23.6 Å². The number of hydrogen-bond donors (Lipinski definition) is 1. The minimum Gasteiger partial charge on any atom is -0.487 e. The highest BCUT2D eigenvalue weighted by molar-refractivity contribution is 6.38. The summed E-state index contributed by atoms with van der Waals surface area (Å²) in [6.45, 7) is 3.65. The van der Waals surface area contributed by atoms with Crippen LogP contribution in [0.15, 0.2) is 66.9 Å². The normalized spacial score (nSPS) is 11.0. The van der Waals surface area contributed by atoms with Gasteiger partial charge in [-0.05, 0) is 55.8 Å². The molecule has 0 saturated carbocycles. The van der Waals surface area contributed by atoms with Crippen LogP contribution in [0.4, 0.5) is 5.69 Å². The summed E-state index contributed by atoms with van der Waals surface area (Å²) < 4.78 is 11.0. The second-order valence-electron chi connectivity index (χ2n) is 9.13. The van der Waals surface area contributed by atoms with Gasteiger partial charge in [0.25, 0.3) is 0 Å². The molecule has 1 N–H and O–H groups in total. The fourth-order valence-electron chi connectivity index (χ4n) is 3.94. The standard InChI is InChI=1S/C31H28Cl2N4O5/c1-4-41-31(40)24-13-9-20(16-34-24)10-15-27(38)35-17-28(39)37(3)25-14-12-23(32)22(29(25)33)18-42-26-7-5-6-21-11-8-19(2)36-30(21)26/h5-16H,4,17-18H2,1-3H3,(H,35,38).